The van der Waals surface area contributed by atoms with Crippen LogP contribution < -0.4 is 4.74 Å². The number of non-ortho nitro benzene ring substituents is 1. The molecule has 1 fully saturated rings. The number of amides is 1. The van der Waals surface area contributed by atoms with Gasteiger partial charge in [0.05, 0.1) is 11.2 Å². The molecule has 1 amide bonds. The monoisotopic (exact) mass is 485 g/mol. The van der Waals surface area contributed by atoms with Crippen LogP contribution in [0.5, 0.6) is 11.5 Å². The molecule has 0 radical (unpaired) electrons. The van der Waals surface area contributed by atoms with Crippen LogP contribution in [0.1, 0.15) is 21.7 Å². The van der Waals surface area contributed by atoms with Gasteiger partial charge in [0, 0.05) is 38.3 Å². The number of hydrogen-bond acceptors (Lipinski definition) is 7. The Morgan fingerprint density at radius 2 is 1.76 bits per heavy atom. The number of nitro benzene ring substituents is 1. The van der Waals surface area contributed by atoms with Crippen molar-refractivity contribution in [2.75, 3.05) is 26.2 Å². The number of aryl methyl sites for hydroxylation is 2. The Kier molecular flexibility index (Phi) is 6.40. The minimum Gasteiger partial charge on any atom is -0.459 e. The number of piperazine rings is 1. The Morgan fingerprint density at radius 3 is 2.41 bits per heavy atom. The summed E-state index contributed by atoms with van der Waals surface area (Å²) in [6.07, 6.45) is 1.40. The van der Waals surface area contributed by atoms with Crippen molar-refractivity contribution in [1.82, 2.24) is 9.21 Å². The summed E-state index contributed by atoms with van der Waals surface area (Å²) in [5.41, 5.74) is 1.35. The zero-order valence-electron chi connectivity index (χ0n) is 18.6. The molecule has 0 aliphatic carbocycles. The lowest BCUT2D eigenvalue weighted by atomic mass is 10.1. The largest absolute Gasteiger partial charge is 0.459 e. The van der Waals surface area contributed by atoms with Gasteiger partial charge >= 0.3 is 0 Å². The molecule has 2 aromatic carbocycles. The number of benzene rings is 2. The molecule has 4 rings (SSSR count). The number of carbonyl (C=O) groups is 1. The van der Waals surface area contributed by atoms with Crippen molar-refractivity contribution in [2.45, 2.75) is 18.7 Å². The summed E-state index contributed by atoms with van der Waals surface area (Å²) in [4.78, 5) is 24.4. The summed E-state index contributed by atoms with van der Waals surface area (Å²) in [5, 5.41) is 11.4. The summed E-state index contributed by atoms with van der Waals surface area (Å²) < 4.78 is 39.3. The van der Waals surface area contributed by atoms with Crippen LogP contribution in [-0.4, -0.2) is 54.6 Å². The fraction of sp³-hybridized carbons (Fsp3) is 0.261. The van der Waals surface area contributed by atoms with Gasteiger partial charge in [-0.1, -0.05) is 12.1 Å². The van der Waals surface area contributed by atoms with Crippen LogP contribution in [0.3, 0.4) is 0 Å². The maximum absolute atomic E-state index is 13.5. The van der Waals surface area contributed by atoms with E-state index >= 15 is 0 Å². The lowest BCUT2D eigenvalue weighted by Crippen LogP contribution is -2.50. The lowest BCUT2D eigenvalue weighted by Gasteiger charge is -2.33. The number of nitro groups is 1. The molecule has 178 valence electrons. The Morgan fingerprint density at radius 1 is 1.03 bits per heavy atom. The van der Waals surface area contributed by atoms with E-state index in [2.05, 4.69) is 0 Å². The van der Waals surface area contributed by atoms with E-state index in [0.29, 0.717) is 5.75 Å². The zero-order chi connectivity index (χ0) is 24.5. The molecule has 0 spiro atoms. The van der Waals surface area contributed by atoms with Crippen LogP contribution in [0, 0.1) is 24.0 Å². The van der Waals surface area contributed by atoms with Gasteiger partial charge in [-0.3, -0.25) is 14.9 Å². The number of sulfonamides is 1. The van der Waals surface area contributed by atoms with Crippen molar-refractivity contribution in [3.05, 3.63) is 81.8 Å². The highest BCUT2D eigenvalue weighted by Gasteiger charge is 2.34. The SMILES string of the molecule is Cc1ccc(C)c(Oc2ccc([N+](=O)[O-])cc2S(=O)(=O)N2CCN(C(=O)c3ccco3)CC2)c1. The quantitative estimate of drug-likeness (QED) is 0.385. The smallest absolute Gasteiger partial charge is 0.289 e. The molecule has 1 saturated heterocycles. The number of hydrogen-bond donors (Lipinski definition) is 0. The molecule has 34 heavy (non-hydrogen) atoms. The minimum absolute atomic E-state index is 0.00612. The third kappa shape index (κ3) is 4.66. The highest BCUT2D eigenvalue weighted by atomic mass is 32.2. The van der Waals surface area contributed by atoms with Crippen molar-refractivity contribution < 1.29 is 27.3 Å². The van der Waals surface area contributed by atoms with Crippen molar-refractivity contribution >= 4 is 21.6 Å². The first kappa shape index (κ1) is 23.5. The first-order valence-electron chi connectivity index (χ1n) is 10.5. The molecular weight excluding hydrogens is 462 g/mol. The van der Waals surface area contributed by atoms with E-state index in [0.717, 1.165) is 17.2 Å². The van der Waals surface area contributed by atoms with Crippen molar-refractivity contribution in [3.8, 4) is 11.5 Å². The molecule has 0 bridgehead atoms. The van der Waals surface area contributed by atoms with Crippen molar-refractivity contribution in [3.63, 3.8) is 0 Å². The van der Waals surface area contributed by atoms with Crippen LogP contribution in [-0.2, 0) is 10.0 Å². The molecule has 1 aliphatic heterocycles. The van der Waals surface area contributed by atoms with Gasteiger partial charge in [0.25, 0.3) is 11.6 Å². The van der Waals surface area contributed by atoms with Gasteiger partial charge < -0.3 is 14.1 Å². The van der Waals surface area contributed by atoms with E-state index in [-0.39, 0.29) is 54.2 Å². The average molecular weight is 486 g/mol. The summed E-state index contributed by atoms with van der Waals surface area (Å²) in [6, 6.07) is 12.2. The van der Waals surface area contributed by atoms with Gasteiger partial charge in [-0.05, 0) is 49.2 Å². The van der Waals surface area contributed by atoms with Crippen LogP contribution in [0.4, 0.5) is 5.69 Å². The van der Waals surface area contributed by atoms with Gasteiger partial charge in [-0.2, -0.15) is 4.31 Å². The minimum atomic E-state index is -4.15. The Bertz CT molecular complexity index is 1330. The zero-order valence-corrected chi connectivity index (χ0v) is 19.4. The van der Waals surface area contributed by atoms with Crippen LogP contribution >= 0.6 is 0 Å². The Balaban J connectivity index is 1.62. The molecule has 0 atom stereocenters. The fourth-order valence-corrected chi connectivity index (χ4v) is 5.21. The Labute approximate surface area is 196 Å². The highest BCUT2D eigenvalue weighted by Crippen LogP contribution is 2.35. The summed E-state index contributed by atoms with van der Waals surface area (Å²) in [5.74, 6) is 0.308. The molecule has 1 aliphatic rings. The van der Waals surface area contributed by atoms with Gasteiger partial charge in [0.1, 0.15) is 16.4 Å². The van der Waals surface area contributed by atoms with Crippen molar-refractivity contribution in [2.24, 2.45) is 0 Å². The first-order chi connectivity index (χ1) is 16.2. The van der Waals surface area contributed by atoms with Crippen LogP contribution in [0.2, 0.25) is 0 Å². The molecule has 3 aromatic rings. The van der Waals surface area contributed by atoms with E-state index in [9.17, 15) is 23.3 Å². The summed E-state index contributed by atoms with van der Waals surface area (Å²) in [6.45, 7) is 4.06. The van der Waals surface area contributed by atoms with E-state index in [1.807, 2.05) is 26.0 Å². The lowest BCUT2D eigenvalue weighted by molar-refractivity contribution is -0.385. The van der Waals surface area contributed by atoms with E-state index in [1.165, 1.54) is 27.6 Å². The average Bonchev–Trinajstić information content (AvgIpc) is 3.36. The number of rotatable bonds is 6. The van der Waals surface area contributed by atoms with Crippen LogP contribution in [0.25, 0.3) is 0 Å². The molecule has 2 heterocycles. The predicted molar refractivity (Wildman–Crippen MR) is 122 cm³/mol. The number of ether oxygens (including phenoxy) is 1. The molecule has 11 heteroatoms. The van der Waals surface area contributed by atoms with E-state index in [4.69, 9.17) is 9.15 Å². The van der Waals surface area contributed by atoms with Gasteiger partial charge in [-0.25, -0.2) is 8.42 Å². The second kappa shape index (κ2) is 9.27. The topological polar surface area (TPSA) is 123 Å². The summed E-state index contributed by atoms with van der Waals surface area (Å²) >= 11 is 0. The van der Waals surface area contributed by atoms with Gasteiger partial charge in [0.15, 0.2) is 5.76 Å². The van der Waals surface area contributed by atoms with Gasteiger partial charge in [0.2, 0.25) is 10.0 Å². The Hall–Kier alpha value is -3.70. The van der Waals surface area contributed by atoms with Crippen molar-refractivity contribution in [1.29, 1.82) is 0 Å². The molecule has 10 nitrogen and oxygen atoms in total. The number of nitrogens with zero attached hydrogens (tertiary/aromatic N) is 3. The second-order valence-corrected chi connectivity index (χ2v) is 9.84. The normalized spacial score (nSPS) is 14.7. The molecule has 0 saturated carbocycles. The fourth-order valence-electron chi connectivity index (χ4n) is 3.66. The molecule has 0 unspecified atom stereocenters. The van der Waals surface area contributed by atoms with E-state index in [1.54, 1.807) is 18.2 Å². The maximum Gasteiger partial charge on any atom is 0.289 e. The molecule has 1 aromatic heterocycles. The molecular formula is C23H23N3O7S. The highest BCUT2D eigenvalue weighted by molar-refractivity contribution is 7.89. The maximum atomic E-state index is 13.5. The molecule has 0 N–H and O–H groups in total. The predicted octanol–water partition coefficient (Wildman–Crippen LogP) is 3.74. The number of carbonyl (C=O) groups excluding carboxylic acids is 1. The van der Waals surface area contributed by atoms with E-state index < -0.39 is 14.9 Å². The third-order valence-corrected chi connectivity index (χ3v) is 7.50. The summed E-state index contributed by atoms with van der Waals surface area (Å²) in [7, 11) is -4.15. The van der Waals surface area contributed by atoms with Crippen LogP contribution in [0.15, 0.2) is 64.1 Å². The standard InChI is InChI=1S/C23H23N3O7S/c1-16-5-6-17(2)21(14-16)33-19-8-7-18(26(28)29)15-22(19)34(30,31)25-11-9-24(10-12-25)23(27)20-4-3-13-32-20/h3-8,13-15H,9-12H2,1-2H3. The number of furan rings is 1. The first-order valence-corrected chi connectivity index (χ1v) is 12.0. The third-order valence-electron chi connectivity index (χ3n) is 5.58. The van der Waals surface area contributed by atoms with Gasteiger partial charge in [-0.15, -0.1) is 0 Å². The second-order valence-electron chi connectivity index (χ2n) is 7.93.